The van der Waals surface area contributed by atoms with Gasteiger partial charge in [0, 0.05) is 12.8 Å². The molecule has 1 rings (SSSR count). The Morgan fingerprint density at radius 1 is 1.25 bits per heavy atom. The topological polar surface area (TPSA) is 84.9 Å². The van der Waals surface area contributed by atoms with E-state index in [9.17, 15) is 19.1 Å². The van der Waals surface area contributed by atoms with Gasteiger partial charge in [0.15, 0.2) is 0 Å². The summed E-state index contributed by atoms with van der Waals surface area (Å²) in [5, 5.41) is 11.7. The molecule has 0 fully saturated rings. The quantitative estimate of drug-likeness (QED) is 0.588. The number of amides is 1. The maximum atomic E-state index is 12.3. The molecule has 1 aromatic carbocycles. The van der Waals surface area contributed by atoms with Crippen molar-refractivity contribution >= 4 is 12.1 Å². The largest absolute Gasteiger partial charge is 0.508 e. The van der Waals surface area contributed by atoms with E-state index in [2.05, 4.69) is 5.32 Å². The number of esters is 1. The minimum absolute atomic E-state index is 0.0669. The van der Waals surface area contributed by atoms with Gasteiger partial charge in [-0.05, 0) is 38.5 Å². The van der Waals surface area contributed by atoms with E-state index >= 15 is 0 Å². The summed E-state index contributed by atoms with van der Waals surface area (Å²) in [6.07, 6.45) is -0.534. The van der Waals surface area contributed by atoms with Crippen molar-refractivity contribution < 1.29 is 28.6 Å². The molecule has 0 bridgehead atoms. The van der Waals surface area contributed by atoms with Gasteiger partial charge in [-0.1, -0.05) is 12.1 Å². The Kier molecular flexibility index (Phi) is 7.48. The number of phenols is 1. The second-order valence-electron chi connectivity index (χ2n) is 6.28. The fraction of sp³-hybridized carbons (Fsp3) is 0.529. The summed E-state index contributed by atoms with van der Waals surface area (Å²) in [6, 6.07) is 5.31. The van der Waals surface area contributed by atoms with E-state index in [4.69, 9.17) is 9.47 Å². The van der Waals surface area contributed by atoms with Crippen LogP contribution in [-0.4, -0.2) is 42.1 Å². The van der Waals surface area contributed by atoms with Gasteiger partial charge in [-0.25, -0.2) is 9.59 Å². The third-order valence-corrected chi connectivity index (χ3v) is 2.87. The second-order valence-corrected chi connectivity index (χ2v) is 6.28. The van der Waals surface area contributed by atoms with Crippen molar-refractivity contribution in [2.45, 2.75) is 45.3 Å². The lowest BCUT2D eigenvalue weighted by molar-refractivity contribution is -0.157. The Labute approximate surface area is 141 Å². The molecule has 0 saturated carbocycles. The number of nitrogens with one attached hydrogen (secondary N) is 1. The van der Waals surface area contributed by atoms with Gasteiger partial charge >= 0.3 is 12.1 Å². The molecule has 1 aromatic rings. The van der Waals surface area contributed by atoms with Crippen molar-refractivity contribution in [3.05, 3.63) is 29.8 Å². The maximum absolute atomic E-state index is 12.3. The van der Waals surface area contributed by atoms with Crippen LogP contribution in [0.15, 0.2) is 24.3 Å². The van der Waals surface area contributed by atoms with Gasteiger partial charge < -0.3 is 19.9 Å². The molecule has 0 saturated heterocycles. The number of aromatic hydroxyl groups is 1. The molecule has 0 aliphatic heterocycles. The van der Waals surface area contributed by atoms with Crippen LogP contribution in [0.4, 0.5) is 9.18 Å². The normalized spacial score (nSPS) is 12.3. The van der Waals surface area contributed by atoms with Crippen LogP contribution in [0.2, 0.25) is 0 Å². The zero-order valence-electron chi connectivity index (χ0n) is 14.2. The average Bonchev–Trinajstić information content (AvgIpc) is 2.47. The van der Waals surface area contributed by atoms with E-state index in [1.54, 1.807) is 32.9 Å². The molecule has 1 amide bonds. The lowest BCUT2D eigenvalue weighted by Gasteiger charge is -2.24. The van der Waals surface area contributed by atoms with Crippen molar-refractivity contribution in [1.29, 1.82) is 0 Å². The van der Waals surface area contributed by atoms with E-state index in [-0.39, 0.29) is 25.2 Å². The molecule has 0 heterocycles. The van der Waals surface area contributed by atoms with Crippen molar-refractivity contribution in [2.24, 2.45) is 0 Å². The molecule has 1 atom stereocenters. The minimum atomic E-state index is -0.952. The highest BCUT2D eigenvalue weighted by atomic mass is 19.1. The van der Waals surface area contributed by atoms with E-state index in [0.29, 0.717) is 0 Å². The molecule has 2 N–H and O–H groups in total. The summed E-state index contributed by atoms with van der Waals surface area (Å²) in [5.41, 5.74) is 0.0251. The van der Waals surface area contributed by atoms with Crippen molar-refractivity contribution in [3.8, 4) is 5.75 Å². The molecule has 0 radical (unpaired) electrons. The molecular weight excluding hydrogens is 317 g/mol. The summed E-state index contributed by atoms with van der Waals surface area (Å²) in [6.45, 7) is 4.52. The Hall–Kier alpha value is -2.31. The number of alkyl halides is 1. The summed E-state index contributed by atoms with van der Waals surface area (Å²) >= 11 is 0. The predicted octanol–water partition coefficient (Wildman–Crippen LogP) is 2.73. The molecule has 0 spiro atoms. The smallest absolute Gasteiger partial charge is 0.407 e. The van der Waals surface area contributed by atoms with Crippen LogP contribution in [-0.2, 0) is 20.7 Å². The van der Waals surface area contributed by atoms with Crippen molar-refractivity contribution in [1.82, 2.24) is 5.32 Å². The Balaban J connectivity index is 2.76. The Bertz CT molecular complexity index is 539. The number of ether oxygens (including phenoxy) is 2. The Morgan fingerprint density at radius 2 is 1.88 bits per heavy atom. The highest BCUT2D eigenvalue weighted by molar-refractivity contribution is 5.82. The van der Waals surface area contributed by atoms with Crippen LogP contribution in [0.1, 0.15) is 32.8 Å². The molecule has 0 aliphatic rings. The zero-order chi connectivity index (χ0) is 18.2. The lowest BCUT2D eigenvalue weighted by atomic mass is 10.1. The monoisotopic (exact) mass is 341 g/mol. The van der Waals surface area contributed by atoms with E-state index in [1.807, 2.05) is 0 Å². The highest BCUT2D eigenvalue weighted by Crippen LogP contribution is 2.14. The molecule has 0 aliphatic carbocycles. The first-order valence-electron chi connectivity index (χ1n) is 7.71. The second kappa shape index (κ2) is 9.10. The first-order valence-corrected chi connectivity index (χ1v) is 7.71. The number of rotatable bonds is 7. The number of hydrogen-bond acceptors (Lipinski definition) is 5. The van der Waals surface area contributed by atoms with E-state index in [0.717, 1.165) is 5.56 Å². The predicted molar refractivity (Wildman–Crippen MR) is 86.5 cm³/mol. The lowest BCUT2D eigenvalue weighted by Crippen LogP contribution is -2.45. The third-order valence-electron chi connectivity index (χ3n) is 2.87. The first-order chi connectivity index (χ1) is 11.2. The Morgan fingerprint density at radius 3 is 2.42 bits per heavy atom. The molecular formula is C17H24FNO5. The number of benzene rings is 1. The van der Waals surface area contributed by atoms with Crippen LogP contribution in [0, 0.1) is 0 Å². The fourth-order valence-corrected chi connectivity index (χ4v) is 1.84. The van der Waals surface area contributed by atoms with Gasteiger partial charge in [0.05, 0.1) is 13.3 Å². The average molecular weight is 341 g/mol. The van der Waals surface area contributed by atoms with E-state index < -0.39 is 30.4 Å². The fourth-order valence-electron chi connectivity index (χ4n) is 1.84. The SMILES string of the molecule is CC(C)(C)OC(=O)[C@H](Cc1ccc(O)cc1)NC(=O)OCCCF. The van der Waals surface area contributed by atoms with Crippen LogP contribution >= 0.6 is 0 Å². The summed E-state index contributed by atoms with van der Waals surface area (Å²) < 4.78 is 22.1. The van der Waals surface area contributed by atoms with Gasteiger partial charge in [0.25, 0.3) is 0 Å². The van der Waals surface area contributed by atoms with Gasteiger partial charge in [-0.3, -0.25) is 4.39 Å². The third kappa shape index (κ3) is 7.80. The van der Waals surface area contributed by atoms with Crippen molar-refractivity contribution in [3.63, 3.8) is 0 Å². The number of halogens is 1. The van der Waals surface area contributed by atoms with Crippen LogP contribution < -0.4 is 5.32 Å². The zero-order valence-corrected chi connectivity index (χ0v) is 14.2. The molecule has 7 heteroatoms. The van der Waals surface area contributed by atoms with Crippen molar-refractivity contribution in [2.75, 3.05) is 13.3 Å². The molecule has 6 nitrogen and oxygen atoms in total. The van der Waals surface area contributed by atoms with E-state index in [1.165, 1.54) is 12.1 Å². The number of carbonyl (C=O) groups excluding carboxylic acids is 2. The molecule has 24 heavy (non-hydrogen) atoms. The highest BCUT2D eigenvalue weighted by Gasteiger charge is 2.27. The molecule has 0 unspecified atom stereocenters. The van der Waals surface area contributed by atoms with Gasteiger partial charge in [0.2, 0.25) is 0 Å². The van der Waals surface area contributed by atoms with Gasteiger partial charge in [-0.15, -0.1) is 0 Å². The van der Waals surface area contributed by atoms with Crippen LogP contribution in [0.5, 0.6) is 5.75 Å². The summed E-state index contributed by atoms with van der Waals surface area (Å²) in [7, 11) is 0. The number of hydrogen-bond donors (Lipinski definition) is 2. The summed E-state index contributed by atoms with van der Waals surface area (Å²) in [4.78, 5) is 24.0. The minimum Gasteiger partial charge on any atom is -0.508 e. The molecule has 0 aromatic heterocycles. The number of carbonyl (C=O) groups is 2. The number of alkyl carbamates (subject to hydrolysis) is 1. The molecule has 134 valence electrons. The summed E-state index contributed by atoms with van der Waals surface area (Å²) in [5.74, 6) is -0.496. The standard InChI is InChI=1S/C17H24FNO5/c1-17(2,3)24-15(21)14(19-16(22)23-10-4-9-18)11-12-5-7-13(20)8-6-12/h5-8,14,20H,4,9-11H2,1-3H3,(H,19,22)/t14-/m0/s1. The van der Waals surface area contributed by atoms with Gasteiger partial charge in [-0.2, -0.15) is 0 Å². The van der Waals surface area contributed by atoms with Crippen LogP contribution in [0.3, 0.4) is 0 Å². The number of phenolic OH excluding ortho intramolecular Hbond substituents is 1. The van der Waals surface area contributed by atoms with Gasteiger partial charge in [0.1, 0.15) is 17.4 Å². The van der Waals surface area contributed by atoms with Crippen LogP contribution in [0.25, 0.3) is 0 Å². The maximum Gasteiger partial charge on any atom is 0.407 e. The first kappa shape index (κ1) is 19.7.